The quantitative estimate of drug-likeness (QED) is 0.819. The van der Waals surface area contributed by atoms with Gasteiger partial charge in [-0.25, -0.2) is 8.42 Å². The zero-order valence-corrected chi connectivity index (χ0v) is 13.7. The number of benzene rings is 2. The van der Waals surface area contributed by atoms with Gasteiger partial charge in [0.05, 0.1) is 5.02 Å². The van der Waals surface area contributed by atoms with Crippen LogP contribution in [0, 0.1) is 0 Å². The van der Waals surface area contributed by atoms with Crippen LogP contribution in [-0.4, -0.2) is 13.5 Å². The van der Waals surface area contributed by atoms with Crippen LogP contribution < -0.4 is 10.0 Å². The number of hydrogen-bond donors (Lipinski definition) is 2. The summed E-state index contributed by atoms with van der Waals surface area (Å²) in [5.41, 5.74) is 0.617. The van der Waals surface area contributed by atoms with Crippen molar-refractivity contribution < 1.29 is 8.42 Å². The zero-order valence-electron chi connectivity index (χ0n) is 10.5. The number of sulfonamides is 1. The van der Waals surface area contributed by atoms with Gasteiger partial charge < -0.3 is 5.32 Å². The Bertz CT molecular complexity index is 762. The van der Waals surface area contributed by atoms with Crippen molar-refractivity contribution in [1.82, 2.24) is 4.72 Å². The lowest BCUT2D eigenvalue weighted by Gasteiger charge is -2.12. The maximum Gasteiger partial charge on any atom is 0.265 e. The maximum absolute atomic E-state index is 12.2. The highest BCUT2D eigenvalue weighted by molar-refractivity contribution is 7.92. The zero-order chi connectivity index (χ0) is 15.5. The van der Waals surface area contributed by atoms with Crippen molar-refractivity contribution in [3.05, 3.63) is 58.6 Å². The monoisotopic (exact) mass is 360 g/mol. The number of anilines is 1. The molecule has 2 rings (SSSR count). The summed E-state index contributed by atoms with van der Waals surface area (Å²) in [6.07, 6.45) is 0. The van der Waals surface area contributed by atoms with Gasteiger partial charge in [-0.05, 0) is 48.6 Å². The predicted octanol–water partition coefficient (Wildman–Crippen LogP) is 3.67. The smallest absolute Gasteiger partial charge is 0.265 e. The van der Waals surface area contributed by atoms with E-state index in [4.69, 9.17) is 35.4 Å². The van der Waals surface area contributed by atoms with E-state index in [1.165, 1.54) is 12.1 Å². The minimum atomic E-state index is -3.83. The molecule has 0 unspecified atom stereocenters. The van der Waals surface area contributed by atoms with E-state index in [2.05, 4.69) is 10.0 Å². The second kappa shape index (κ2) is 6.62. The molecule has 0 aliphatic carbocycles. The molecule has 0 aliphatic heterocycles. The Balaban J connectivity index is 2.12. The lowest BCUT2D eigenvalue weighted by atomic mass is 10.3. The molecule has 0 amide bonds. The van der Waals surface area contributed by atoms with Gasteiger partial charge >= 0.3 is 0 Å². The van der Waals surface area contributed by atoms with Gasteiger partial charge in [0.25, 0.3) is 10.0 Å². The fraction of sp³-hybridized carbons (Fsp3) is 0. The van der Waals surface area contributed by atoms with Gasteiger partial charge in [0.1, 0.15) is 4.90 Å². The van der Waals surface area contributed by atoms with Crippen LogP contribution in [0.2, 0.25) is 10.0 Å². The van der Waals surface area contributed by atoms with Crippen LogP contribution in [0.4, 0.5) is 5.69 Å². The van der Waals surface area contributed by atoms with Crippen molar-refractivity contribution >= 4 is 56.2 Å². The first-order valence-corrected chi connectivity index (χ1v) is 8.37. The Morgan fingerprint density at radius 1 is 1.00 bits per heavy atom. The summed E-state index contributed by atoms with van der Waals surface area (Å²) in [7, 11) is -3.83. The first-order chi connectivity index (χ1) is 9.88. The Hall–Kier alpha value is -1.34. The van der Waals surface area contributed by atoms with Crippen molar-refractivity contribution in [3.8, 4) is 0 Å². The molecular weight excluding hydrogens is 351 g/mol. The van der Waals surface area contributed by atoms with E-state index in [-0.39, 0.29) is 15.0 Å². The van der Waals surface area contributed by atoms with Crippen LogP contribution in [0.5, 0.6) is 0 Å². The number of rotatable bonds is 3. The van der Waals surface area contributed by atoms with Crippen LogP contribution in [0.25, 0.3) is 0 Å². The summed E-state index contributed by atoms with van der Waals surface area (Å²) in [6, 6.07) is 12.8. The summed E-state index contributed by atoms with van der Waals surface area (Å²) in [6.45, 7) is 0. The van der Waals surface area contributed by atoms with Crippen molar-refractivity contribution in [2.45, 2.75) is 4.90 Å². The summed E-state index contributed by atoms with van der Waals surface area (Å²) >= 11 is 16.6. The highest BCUT2D eigenvalue weighted by Crippen LogP contribution is 2.20. The molecule has 0 aliphatic rings. The first-order valence-electron chi connectivity index (χ1n) is 5.72. The Kier molecular flexibility index (Phi) is 5.05. The highest BCUT2D eigenvalue weighted by atomic mass is 35.5. The molecule has 0 saturated heterocycles. The Labute approximate surface area is 138 Å². The first kappa shape index (κ1) is 16.0. The predicted molar refractivity (Wildman–Crippen MR) is 89.4 cm³/mol. The van der Waals surface area contributed by atoms with Gasteiger partial charge in [-0.1, -0.05) is 35.3 Å². The number of thiocarbonyl (C=S) groups is 1. The second-order valence-corrected chi connectivity index (χ2v) is 6.90. The van der Waals surface area contributed by atoms with Crippen molar-refractivity contribution in [2.24, 2.45) is 0 Å². The summed E-state index contributed by atoms with van der Waals surface area (Å²) in [5, 5.41) is 3.39. The topological polar surface area (TPSA) is 58.2 Å². The average molecular weight is 361 g/mol. The van der Waals surface area contributed by atoms with E-state index in [9.17, 15) is 8.42 Å². The van der Waals surface area contributed by atoms with E-state index in [0.29, 0.717) is 10.7 Å². The van der Waals surface area contributed by atoms with E-state index in [1.807, 2.05) is 0 Å². The Morgan fingerprint density at radius 3 is 2.24 bits per heavy atom. The molecule has 0 spiro atoms. The Morgan fingerprint density at radius 2 is 1.62 bits per heavy atom. The van der Waals surface area contributed by atoms with Crippen LogP contribution in [0.15, 0.2) is 53.4 Å². The van der Waals surface area contributed by atoms with E-state index < -0.39 is 10.0 Å². The third kappa shape index (κ3) is 4.31. The van der Waals surface area contributed by atoms with Gasteiger partial charge in [-0.3, -0.25) is 4.72 Å². The molecule has 110 valence electrons. The highest BCUT2D eigenvalue weighted by Gasteiger charge is 2.18. The standard InChI is InChI=1S/C13H10Cl2N2O2S2/c14-9-5-7-10(8-6-9)16-13(20)17-21(18,19)12-4-2-1-3-11(12)15/h1-8H,(H2,16,17,20). The molecule has 21 heavy (non-hydrogen) atoms. The van der Waals surface area contributed by atoms with Crippen molar-refractivity contribution in [3.63, 3.8) is 0 Å². The van der Waals surface area contributed by atoms with Crippen LogP contribution >= 0.6 is 35.4 Å². The molecule has 2 aromatic carbocycles. The number of halogens is 2. The summed E-state index contributed by atoms with van der Waals surface area (Å²) in [5.74, 6) is 0. The molecule has 0 radical (unpaired) electrons. The summed E-state index contributed by atoms with van der Waals surface area (Å²) in [4.78, 5) is -0.0353. The number of nitrogens with one attached hydrogen (secondary N) is 2. The van der Waals surface area contributed by atoms with Crippen molar-refractivity contribution in [2.75, 3.05) is 5.32 Å². The molecule has 0 fully saturated rings. The fourth-order valence-corrected chi connectivity index (χ4v) is 3.53. The van der Waals surface area contributed by atoms with Gasteiger partial charge in [-0.2, -0.15) is 0 Å². The van der Waals surface area contributed by atoms with Gasteiger partial charge in [0.2, 0.25) is 0 Å². The van der Waals surface area contributed by atoms with E-state index >= 15 is 0 Å². The lowest BCUT2D eigenvalue weighted by molar-refractivity contribution is 0.593. The normalized spacial score (nSPS) is 11.0. The molecule has 4 nitrogen and oxygen atoms in total. The van der Waals surface area contributed by atoms with Crippen molar-refractivity contribution in [1.29, 1.82) is 0 Å². The molecule has 0 atom stereocenters. The molecule has 2 aromatic rings. The molecule has 0 heterocycles. The van der Waals surface area contributed by atoms with Gasteiger partial charge in [-0.15, -0.1) is 0 Å². The fourth-order valence-electron chi connectivity index (χ4n) is 1.53. The van der Waals surface area contributed by atoms with E-state index in [0.717, 1.165) is 0 Å². The molecule has 8 heteroatoms. The van der Waals surface area contributed by atoms with Crippen LogP contribution in [0.1, 0.15) is 0 Å². The minimum Gasteiger partial charge on any atom is -0.332 e. The number of hydrogen-bond acceptors (Lipinski definition) is 3. The third-order valence-electron chi connectivity index (χ3n) is 2.46. The molecule has 2 N–H and O–H groups in total. The largest absolute Gasteiger partial charge is 0.332 e. The van der Waals surface area contributed by atoms with Crippen LogP contribution in [0.3, 0.4) is 0 Å². The minimum absolute atomic E-state index is 0.0353. The molecule has 0 aromatic heterocycles. The average Bonchev–Trinajstić information content (AvgIpc) is 2.41. The third-order valence-corrected chi connectivity index (χ3v) is 4.89. The van der Waals surface area contributed by atoms with Gasteiger partial charge in [0, 0.05) is 10.7 Å². The second-order valence-electron chi connectivity index (χ2n) is 4.00. The van der Waals surface area contributed by atoms with Gasteiger partial charge in [0.15, 0.2) is 5.11 Å². The molecule has 0 bridgehead atoms. The van der Waals surface area contributed by atoms with Crippen LogP contribution in [-0.2, 0) is 10.0 Å². The summed E-state index contributed by atoms with van der Waals surface area (Å²) < 4.78 is 26.6. The van der Waals surface area contributed by atoms with E-state index in [1.54, 1.807) is 36.4 Å². The molecule has 0 saturated carbocycles. The maximum atomic E-state index is 12.2. The molecular formula is C13H10Cl2N2O2S2. The lowest BCUT2D eigenvalue weighted by Crippen LogP contribution is -2.34. The SMILES string of the molecule is O=S(=O)(NC(=S)Nc1ccc(Cl)cc1)c1ccccc1Cl.